The van der Waals surface area contributed by atoms with Crippen LogP contribution in [0.3, 0.4) is 0 Å². The lowest BCUT2D eigenvalue weighted by Gasteiger charge is -2.24. The largest absolute Gasteiger partial charge is 0.289 e. The maximum atomic E-state index is 12.8. The third kappa shape index (κ3) is 2.95. The van der Waals surface area contributed by atoms with Gasteiger partial charge in [0.25, 0.3) is 5.56 Å². The van der Waals surface area contributed by atoms with Gasteiger partial charge in [0.1, 0.15) is 0 Å². The molecule has 0 aliphatic carbocycles. The third-order valence-corrected chi connectivity index (χ3v) is 6.08. The van der Waals surface area contributed by atoms with Gasteiger partial charge in [0.2, 0.25) is 5.78 Å². The maximum absolute atomic E-state index is 12.8. The van der Waals surface area contributed by atoms with Crippen LogP contribution in [0.1, 0.15) is 41.4 Å². The summed E-state index contributed by atoms with van der Waals surface area (Å²) in [4.78, 5) is 15.3. The average molecular weight is 387 g/mol. The van der Waals surface area contributed by atoms with Crippen LogP contribution in [0.25, 0.3) is 16.7 Å². The number of fused-ring (bicyclic) bond motifs is 3. The van der Waals surface area contributed by atoms with E-state index in [0.717, 1.165) is 29.9 Å². The quantitative estimate of drug-likeness (QED) is 0.540. The monoisotopic (exact) mass is 387 g/mol. The molecule has 4 aromatic rings. The van der Waals surface area contributed by atoms with E-state index in [4.69, 9.17) is 0 Å². The topological polar surface area (TPSA) is 55.4 Å². The molecule has 0 amide bonds. The Kier molecular flexibility index (Phi) is 4.24. The molecule has 1 aliphatic heterocycles. The number of hydrogen-bond acceptors (Lipinski definition) is 4. The fraction of sp³-hybridized carbons (Fsp3) is 0.348. The number of rotatable bonds is 3. The number of aryl methyl sites for hydroxylation is 3. The zero-order valence-corrected chi connectivity index (χ0v) is 17.1. The van der Waals surface area contributed by atoms with Crippen molar-refractivity contribution < 1.29 is 0 Å². The molecule has 1 fully saturated rings. The molecule has 2 aromatic carbocycles. The predicted molar refractivity (Wildman–Crippen MR) is 114 cm³/mol. The first kappa shape index (κ1) is 18.1. The molecule has 0 N–H and O–H groups in total. The summed E-state index contributed by atoms with van der Waals surface area (Å²) in [6.45, 7) is 5.90. The molecule has 0 spiro atoms. The van der Waals surface area contributed by atoms with Crippen molar-refractivity contribution in [2.75, 3.05) is 6.54 Å². The SMILES string of the molecule is Cc1cccc(C2CCCN2Cc2nnc3n(C)c(=O)c4cc(C)ccc4n23)c1. The van der Waals surface area contributed by atoms with E-state index in [0.29, 0.717) is 23.8 Å². The van der Waals surface area contributed by atoms with Gasteiger partial charge in [-0.1, -0.05) is 41.5 Å². The van der Waals surface area contributed by atoms with Crippen LogP contribution in [0.15, 0.2) is 47.3 Å². The van der Waals surface area contributed by atoms with Gasteiger partial charge >= 0.3 is 0 Å². The number of hydrogen-bond donors (Lipinski definition) is 0. The van der Waals surface area contributed by atoms with Crippen LogP contribution >= 0.6 is 0 Å². The zero-order valence-electron chi connectivity index (χ0n) is 17.1. The lowest BCUT2D eigenvalue weighted by molar-refractivity contribution is 0.241. The molecule has 1 unspecified atom stereocenters. The molecule has 148 valence electrons. The van der Waals surface area contributed by atoms with E-state index in [-0.39, 0.29) is 5.56 Å². The summed E-state index contributed by atoms with van der Waals surface area (Å²) in [5.41, 5.74) is 4.57. The third-order valence-electron chi connectivity index (χ3n) is 6.08. The van der Waals surface area contributed by atoms with E-state index in [1.807, 2.05) is 29.5 Å². The number of likely N-dealkylation sites (tertiary alicyclic amines) is 1. The molecule has 3 heterocycles. The van der Waals surface area contributed by atoms with Crippen molar-refractivity contribution >= 4 is 16.7 Å². The number of benzene rings is 2. The highest BCUT2D eigenvalue weighted by molar-refractivity contribution is 5.81. The molecule has 29 heavy (non-hydrogen) atoms. The summed E-state index contributed by atoms with van der Waals surface area (Å²) in [6.07, 6.45) is 2.33. The lowest BCUT2D eigenvalue weighted by atomic mass is 10.0. The first-order chi connectivity index (χ1) is 14.0. The average Bonchev–Trinajstić information content (AvgIpc) is 3.34. The first-order valence-electron chi connectivity index (χ1n) is 10.2. The normalized spacial score (nSPS) is 17.6. The highest BCUT2D eigenvalue weighted by atomic mass is 16.1. The summed E-state index contributed by atoms with van der Waals surface area (Å²) in [5.74, 6) is 1.47. The summed E-state index contributed by atoms with van der Waals surface area (Å²) < 4.78 is 3.64. The van der Waals surface area contributed by atoms with Gasteiger partial charge in [-0.05, 0) is 50.9 Å². The van der Waals surface area contributed by atoms with E-state index in [1.54, 1.807) is 11.6 Å². The van der Waals surface area contributed by atoms with Crippen molar-refractivity contribution in [3.8, 4) is 0 Å². The first-order valence-corrected chi connectivity index (χ1v) is 10.2. The van der Waals surface area contributed by atoms with Crippen LogP contribution in [-0.4, -0.2) is 30.6 Å². The molecule has 1 aliphatic rings. The Morgan fingerprint density at radius 1 is 1.07 bits per heavy atom. The van der Waals surface area contributed by atoms with Crippen LogP contribution in [0.5, 0.6) is 0 Å². The van der Waals surface area contributed by atoms with Crippen molar-refractivity contribution in [2.24, 2.45) is 7.05 Å². The van der Waals surface area contributed by atoms with Gasteiger partial charge in [0.05, 0.1) is 17.4 Å². The lowest BCUT2D eigenvalue weighted by Crippen LogP contribution is -2.25. The van der Waals surface area contributed by atoms with Crippen molar-refractivity contribution in [1.29, 1.82) is 0 Å². The van der Waals surface area contributed by atoms with Gasteiger partial charge < -0.3 is 0 Å². The second kappa shape index (κ2) is 6.81. The fourth-order valence-corrected chi connectivity index (χ4v) is 4.61. The zero-order chi connectivity index (χ0) is 20.1. The summed E-state index contributed by atoms with van der Waals surface area (Å²) >= 11 is 0. The fourth-order valence-electron chi connectivity index (χ4n) is 4.61. The molecule has 5 rings (SSSR count). The van der Waals surface area contributed by atoms with Crippen molar-refractivity contribution in [3.63, 3.8) is 0 Å². The Balaban J connectivity index is 1.61. The minimum absolute atomic E-state index is 0.0334. The van der Waals surface area contributed by atoms with E-state index in [2.05, 4.69) is 46.3 Å². The summed E-state index contributed by atoms with van der Waals surface area (Å²) in [7, 11) is 1.77. The van der Waals surface area contributed by atoms with Crippen molar-refractivity contribution in [1.82, 2.24) is 24.1 Å². The molecular formula is C23H25N5O. The minimum atomic E-state index is -0.0334. The van der Waals surface area contributed by atoms with E-state index < -0.39 is 0 Å². The van der Waals surface area contributed by atoms with Gasteiger partial charge in [-0.15, -0.1) is 10.2 Å². The Bertz CT molecular complexity index is 1290. The second-order valence-electron chi connectivity index (χ2n) is 8.18. The van der Waals surface area contributed by atoms with Crippen LogP contribution < -0.4 is 5.56 Å². The van der Waals surface area contributed by atoms with Gasteiger partial charge in [0, 0.05) is 13.1 Å². The number of aromatic nitrogens is 4. The van der Waals surface area contributed by atoms with E-state index >= 15 is 0 Å². The Morgan fingerprint density at radius 2 is 1.90 bits per heavy atom. The highest BCUT2D eigenvalue weighted by Gasteiger charge is 2.28. The molecule has 2 aromatic heterocycles. The summed E-state index contributed by atoms with van der Waals surface area (Å²) in [5, 5.41) is 9.55. The van der Waals surface area contributed by atoms with E-state index in [9.17, 15) is 4.79 Å². The van der Waals surface area contributed by atoms with Gasteiger partial charge in [-0.25, -0.2) is 0 Å². The van der Waals surface area contributed by atoms with Gasteiger partial charge in [-0.2, -0.15) is 0 Å². The molecule has 0 radical (unpaired) electrons. The minimum Gasteiger partial charge on any atom is -0.289 e. The molecule has 1 saturated heterocycles. The Hall–Kier alpha value is -2.99. The van der Waals surface area contributed by atoms with Crippen molar-refractivity contribution in [2.45, 2.75) is 39.3 Å². The molecule has 0 bridgehead atoms. The molecule has 6 nitrogen and oxygen atoms in total. The predicted octanol–water partition coefficient (Wildman–Crippen LogP) is 3.54. The highest BCUT2D eigenvalue weighted by Crippen LogP contribution is 2.33. The van der Waals surface area contributed by atoms with Crippen LogP contribution in [0.4, 0.5) is 0 Å². The molecule has 0 saturated carbocycles. The van der Waals surface area contributed by atoms with Gasteiger partial charge in [-0.3, -0.25) is 18.7 Å². The Morgan fingerprint density at radius 3 is 2.72 bits per heavy atom. The van der Waals surface area contributed by atoms with Gasteiger partial charge in [0.15, 0.2) is 5.82 Å². The summed E-state index contributed by atoms with van der Waals surface area (Å²) in [6, 6.07) is 15.2. The standard InChI is InChI=1S/C23H25N5O/c1-15-6-4-7-17(12-15)19-8-5-11-27(19)14-21-24-25-23-26(3)22(29)18-13-16(2)9-10-20(18)28(21)23/h4,6-7,9-10,12-13,19H,5,8,11,14H2,1-3H3. The van der Waals surface area contributed by atoms with E-state index in [1.165, 1.54) is 17.5 Å². The van der Waals surface area contributed by atoms with Crippen LogP contribution in [-0.2, 0) is 13.6 Å². The molecule has 1 atom stereocenters. The molecule has 6 heteroatoms. The maximum Gasteiger partial charge on any atom is 0.262 e. The second-order valence-corrected chi connectivity index (χ2v) is 8.18. The van der Waals surface area contributed by atoms with Crippen LogP contribution in [0, 0.1) is 13.8 Å². The molecular weight excluding hydrogens is 362 g/mol. The van der Waals surface area contributed by atoms with Crippen molar-refractivity contribution in [3.05, 3.63) is 75.3 Å². The van der Waals surface area contributed by atoms with Crippen LogP contribution in [0.2, 0.25) is 0 Å². The number of nitrogens with zero attached hydrogens (tertiary/aromatic N) is 5. The Labute approximate surface area is 169 Å². The smallest absolute Gasteiger partial charge is 0.262 e.